The average Bonchev–Trinajstić information content (AvgIpc) is 2.58. The molecule has 140 valence electrons. The zero-order chi connectivity index (χ0) is 19.3. The number of hydrogen-bond donors (Lipinski definition) is 2. The lowest BCUT2D eigenvalue weighted by atomic mass is 9.73. The van der Waals surface area contributed by atoms with Crippen molar-refractivity contribution >= 4 is 29.4 Å². The number of carboxylic acid groups (broad SMARTS) is 1. The van der Waals surface area contributed by atoms with Crippen LogP contribution in [0.5, 0.6) is 0 Å². The Balaban J connectivity index is 2.07. The highest BCUT2D eigenvalue weighted by molar-refractivity contribution is 6.02. The van der Waals surface area contributed by atoms with Crippen LogP contribution in [0.15, 0.2) is 29.8 Å². The van der Waals surface area contributed by atoms with Gasteiger partial charge < -0.3 is 10.4 Å². The van der Waals surface area contributed by atoms with Gasteiger partial charge in [0.25, 0.3) is 0 Å². The number of nitrogens with one attached hydrogen (secondary N) is 1. The van der Waals surface area contributed by atoms with E-state index in [2.05, 4.69) is 26.1 Å². The van der Waals surface area contributed by atoms with Crippen LogP contribution in [0, 0.1) is 17.8 Å². The van der Waals surface area contributed by atoms with Gasteiger partial charge in [0.1, 0.15) is 0 Å². The lowest BCUT2D eigenvalue weighted by molar-refractivity contribution is -0.138. The summed E-state index contributed by atoms with van der Waals surface area (Å²) >= 11 is 0. The molecule has 2 N–H and O–H groups in total. The first kappa shape index (κ1) is 19.9. The highest BCUT2D eigenvalue weighted by Crippen LogP contribution is 2.35. The van der Waals surface area contributed by atoms with Crippen LogP contribution in [0.1, 0.15) is 52.0 Å². The molecule has 1 amide bonds. The number of carbonyl (C=O) groups is 3. The molecule has 2 atom stereocenters. The van der Waals surface area contributed by atoms with E-state index in [1.54, 1.807) is 12.1 Å². The number of amides is 1. The maximum Gasteiger partial charge on any atom is 0.303 e. The van der Waals surface area contributed by atoms with Gasteiger partial charge in [-0.15, -0.1) is 0 Å². The van der Waals surface area contributed by atoms with Crippen molar-refractivity contribution < 1.29 is 19.5 Å². The number of allylic oxidation sites excluding steroid dienone is 1. The molecule has 1 aromatic carbocycles. The molecule has 0 aromatic heterocycles. The van der Waals surface area contributed by atoms with Gasteiger partial charge in [0.15, 0.2) is 5.78 Å². The molecule has 0 spiro atoms. The van der Waals surface area contributed by atoms with Crippen LogP contribution in [0.4, 0.5) is 5.69 Å². The minimum absolute atomic E-state index is 0.0518. The second-order valence-electron chi connectivity index (χ2n) is 7.36. The predicted octanol–water partition coefficient (Wildman–Crippen LogP) is 4.14. The SMILES string of the molecule is CC(C)[C@@H]1CC[C@@H](C)/C(=C/c2ccc(NC(=O)CCC(=O)O)cc2)C1=O. The van der Waals surface area contributed by atoms with Crippen LogP contribution < -0.4 is 5.32 Å². The minimum Gasteiger partial charge on any atom is -0.481 e. The van der Waals surface area contributed by atoms with Gasteiger partial charge in [0, 0.05) is 18.0 Å². The van der Waals surface area contributed by atoms with Crippen molar-refractivity contribution in [2.45, 2.75) is 46.5 Å². The summed E-state index contributed by atoms with van der Waals surface area (Å²) in [6.07, 6.45) is 3.70. The van der Waals surface area contributed by atoms with E-state index in [1.165, 1.54) is 0 Å². The van der Waals surface area contributed by atoms with Crippen molar-refractivity contribution in [3.05, 3.63) is 35.4 Å². The number of hydrogen-bond acceptors (Lipinski definition) is 3. The molecular formula is C21H27NO4. The first-order chi connectivity index (χ1) is 12.3. The molecule has 1 fully saturated rings. The monoisotopic (exact) mass is 357 g/mol. The number of benzene rings is 1. The number of carboxylic acids is 1. The van der Waals surface area contributed by atoms with E-state index >= 15 is 0 Å². The minimum atomic E-state index is -0.993. The Morgan fingerprint density at radius 3 is 2.42 bits per heavy atom. The Morgan fingerprint density at radius 2 is 1.85 bits per heavy atom. The second kappa shape index (κ2) is 8.79. The van der Waals surface area contributed by atoms with Crippen LogP contribution in [0.25, 0.3) is 6.08 Å². The van der Waals surface area contributed by atoms with E-state index in [0.717, 1.165) is 24.0 Å². The molecule has 26 heavy (non-hydrogen) atoms. The topological polar surface area (TPSA) is 83.5 Å². The number of carbonyl (C=O) groups excluding carboxylic acids is 2. The van der Waals surface area contributed by atoms with Gasteiger partial charge in [-0.3, -0.25) is 14.4 Å². The molecular weight excluding hydrogens is 330 g/mol. The normalized spacial score (nSPS) is 21.8. The third-order valence-electron chi connectivity index (χ3n) is 4.95. The number of aliphatic carboxylic acids is 1. The van der Waals surface area contributed by atoms with Crippen LogP contribution in [-0.2, 0) is 14.4 Å². The Morgan fingerprint density at radius 1 is 1.19 bits per heavy atom. The molecule has 0 heterocycles. The Labute approximate surface area is 154 Å². The summed E-state index contributed by atoms with van der Waals surface area (Å²) in [5.41, 5.74) is 2.42. The fourth-order valence-electron chi connectivity index (χ4n) is 3.31. The quantitative estimate of drug-likeness (QED) is 0.749. The first-order valence-corrected chi connectivity index (χ1v) is 9.15. The van der Waals surface area contributed by atoms with Crippen LogP contribution >= 0.6 is 0 Å². The Kier molecular flexibility index (Phi) is 6.72. The number of anilines is 1. The molecule has 1 aliphatic carbocycles. The molecule has 5 nitrogen and oxygen atoms in total. The van der Waals surface area contributed by atoms with Crippen molar-refractivity contribution in [1.29, 1.82) is 0 Å². The van der Waals surface area contributed by atoms with Gasteiger partial charge in [-0.2, -0.15) is 0 Å². The summed E-state index contributed by atoms with van der Waals surface area (Å²) in [6.45, 7) is 6.29. The van der Waals surface area contributed by atoms with E-state index < -0.39 is 5.97 Å². The Bertz CT molecular complexity index is 703. The Hall–Kier alpha value is -2.43. The summed E-state index contributed by atoms with van der Waals surface area (Å²) in [7, 11) is 0. The van der Waals surface area contributed by atoms with Crippen LogP contribution in [0.3, 0.4) is 0 Å². The fourth-order valence-corrected chi connectivity index (χ4v) is 3.31. The van der Waals surface area contributed by atoms with Gasteiger partial charge in [-0.05, 0) is 54.0 Å². The summed E-state index contributed by atoms with van der Waals surface area (Å²) in [4.78, 5) is 34.9. The molecule has 0 saturated heterocycles. The molecule has 0 aliphatic heterocycles. The molecule has 1 saturated carbocycles. The largest absolute Gasteiger partial charge is 0.481 e. The summed E-state index contributed by atoms with van der Waals surface area (Å²) in [5, 5.41) is 11.3. The summed E-state index contributed by atoms with van der Waals surface area (Å²) < 4.78 is 0. The fraction of sp³-hybridized carbons (Fsp3) is 0.476. The van der Waals surface area contributed by atoms with Gasteiger partial charge in [0.05, 0.1) is 6.42 Å². The van der Waals surface area contributed by atoms with Gasteiger partial charge >= 0.3 is 5.97 Å². The molecule has 1 aliphatic rings. The first-order valence-electron chi connectivity index (χ1n) is 9.15. The maximum absolute atomic E-state index is 12.7. The molecule has 2 rings (SSSR count). The summed E-state index contributed by atoms with van der Waals surface area (Å²) in [6, 6.07) is 7.25. The van der Waals surface area contributed by atoms with E-state index in [0.29, 0.717) is 11.6 Å². The average molecular weight is 357 g/mol. The highest BCUT2D eigenvalue weighted by atomic mass is 16.4. The second-order valence-corrected chi connectivity index (χ2v) is 7.36. The lowest BCUT2D eigenvalue weighted by Gasteiger charge is -2.30. The van der Waals surface area contributed by atoms with E-state index in [-0.39, 0.29) is 36.4 Å². The maximum atomic E-state index is 12.7. The predicted molar refractivity (Wildman–Crippen MR) is 102 cm³/mol. The molecule has 1 aromatic rings. The number of Topliss-reactive ketones (excluding diaryl/α,β-unsaturated/α-hetero) is 1. The molecule has 0 radical (unpaired) electrons. The van der Waals surface area contributed by atoms with Crippen LogP contribution in [-0.4, -0.2) is 22.8 Å². The highest BCUT2D eigenvalue weighted by Gasteiger charge is 2.32. The zero-order valence-corrected chi connectivity index (χ0v) is 15.6. The molecule has 0 unspecified atom stereocenters. The van der Waals surface area contributed by atoms with Crippen LogP contribution in [0.2, 0.25) is 0 Å². The van der Waals surface area contributed by atoms with Crippen molar-refractivity contribution in [3.63, 3.8) is 0 Å². The number of rotatable bonds is 6. The molecule has 0 bridgehead atoms. The zero-order valence-electron chi connectivity index (χ0n) is 15.6. The van der Waals surface area contributed by atoms with Crippen molar-refractivity contribution in [2.24, 2.45) is 17.8 Å². The van der Waals surface area contributed by atoms with E-state index in [9.17, 15) is 14.4 Å². The third kappa shape index (κ3) is 5.28. The van der Waals surface area contributed by atoms with Gasteiger partial charge in [0.2, 0.25) is 5.91 Å². The van der Waals surface area contributed by atoms with E-state index in [4.69, 9.17) is 5.11 Å². The smallest absolute Gasteiger partial charge is 0.303 e. The standard InChI is InChI=1S/C21H27NO4/c1-13(2)17-9-4-14(3)18(21(17)26)12-15-5-7-16(8-6-15)22-19(23)10-11-20(24)25/h5-8,12-14,17H,4,9-11H2,1-3H3,(H,22,23)(H,24,25)/b18-12-/t14-,17+/m1/s1. The molecule has 5 heteroatoms. The van der Waals surface area contributed by atoms with E-state index in [1.807, 2.05) is 18.2 Å². The third-order valence-corrected chi connectivity index (χ3v) is 4.95. The van der Waals surface area contributed by atoms with Crippen molar-refractivity contribution in [2.75, 3.05) is 5.32 Å². The number of ketones is 1. The van der Waals surface area contributed by atoms with Crippen molar-refractivity contribution in [3.8, 4) is 0 Å². The van der Waals surface area contributed by atoms with Crippen molar-refractivity contribution in [1.82, 2.24) is 0 Å². The summed E-state index contributed by atoms with van der Waals surface area (Å²) in [5.74, 6) is -0.354. The van der Waals surface area contributed by atoms with Gasteiger partial charge in [-0.1, -0.05) is 32.9 Å². The van der Waals surface area contributed by atoms with Gasteiger partial charge in [-0.25, -0.2) is 0 Å². The lowest BCUT2D eigenvalue weighted by Crippen LogP contribution is -2.30.